The monoisotopic (exact) mass is 226 g/mol. The first-order chi connectivity index (χ1) is 7.43. The molecular formula is C8H10N4O4. The van der Waals surface area contributed by atoms with Gasteiger partial charge in [0.1, 0.15) is 6.04 Å². The molecule has 0 radical (unpaired) electrons. The number of pyridine rings is 1. The molecule has 0 aliphatic heterocycles. The molecule has 8 nitrogen and oxygen atoms in total. The van der Waals surface area contributed by atoms with Crippen molar-refractivity contribution in [3.63, 3.8) is 0 Å². The number of aromatic nitrogens is 1. The molecule has 1 heterocycles. The molecule has 1 aromatic rings. The molecule has 0 bridgehead atoms. The SMILES string of the molecule is NC(=O)C(N)Cn1cccc([N+](=O)[O-])c1=O. The summed E-state index contributed by atoms with van der Waals surface area (Å²) in [7, 11) is 0. The summed E-state index contributed by atoms with van der Waals surface area (Å²) in [6, 6.07) is 1.35. The van der Waals surface area contributed by atoms with E-state index in [0.29, 0.717) is 0 Å². The number of nitrogens with two attached hydrogens (primary N) is 2. The fourth-order valence-electron chi connectivity index (χ4n) is 1.11. The summed E-state index contributed by atoms with van der Waals surface area (Å²) < 4.78 is 0.980. The lowest BCUT2D eigenvalue weighted by atomic mass is 10.3. The summed E-state index contributed by atoms with van der Waals surface area (Å²) in [4.78, 5) is 31.8. The maximum atomic E-state index is 11.5. The number of amides is 1. The highest BCUT2D eigenvalue weighted by atomic mass is 16.6. The number of primary amides is 1. The summed E-state index contributed by atoms with van der Waals surface area (Å²) in [6.07, 6.45) is 1.30. The van der Waals surface area contributed by atoms with Crippen molar-refractivity contribution in [2.45, 2.75) is 12.6 Å². The van der Waals surface area contributed by atoms with Crippen LogP contribution in [0.3, 0.4) is 0 Å². The molecule has 0 saturated heterocycles. The first kappa shape index (κ1) is 11.9. The predicted octanol–water partition coefficient (Wildman–Crippen LogP) is -1.43. The van der Waals surface area contributed by atoms with E-state index in [0.717, 1.165) is 10.6 Å². The van der Waals surface area contributed by atoms with Crippen LogP contribution in [-0.4, -0.2) is 21.4 Å². The molecule has 16 heavy (non-hydrogen) atoms. The van der Waals surface area contributed by atoms with E-state index in [9.17, 15) is 19.7 Å². The average Bonchev–Trinajstić information content (AvgIpc) is 2.20. The number of rotatable bonds is 4. The van der Waals surface area contributed by atoms with Crippen LogP contribution in [0.15, 0.2) is 23.1 Å². The molecule has 0 aliphatic carbocycles. The third kappa shape index (κ3) is 2.42. The molecule has 1 rings (SSSR count). The van der Waals surface area contributed by atoms with Gasteiger partial charge in [0.15, 0.2) is 0 Å². The molecule has 1 atom stereocenters. The zero-order chi connectivity index (χ0) is 12.3. The summed E-state index contributed by atoms with van der Waals surface area (Å²) in [5.74, 6) is -0.779. The van der Waals surface area contributed by atoms with Crippen molar-refractivity contribution >= 4 is 11.6 Å². The van der Waals surface area contributed by atoms with E-state index in [-0.39, 0.29) is 6.54 Å². The fourth-order valence-corrected chi connectivity index (χ4v) is 1.11. The van der Waals surface area contributed by atoms with E-state index in [4.69, 9.17) is 11.5 Å². The van der Waals surface area contributed by atoms with Gasteiger partial charge < -0.3 is 16.0 Å². The number of nitro groups is 1. The fraction of sp³-hybridized carbons (Fsp3) is 0.250. The molecule has 8 heteroatoms. The maximum Gasteiger partial charge on any atom is 0.334 e. The quantitative estimate of drug-likeness (QED) is 0.479. The van der Waals surface area contributed by atoms with Gasteiger partial charge in [0.2, 0.25) is 5.91 Å². The lowest BCUT2D eigenvalue weighted by molar-refractivity contribution is -0.386. The van der Waals surface area contributed by atoms with Crippen molar-refractivity contribution in [3.05, 3.63) is 38.8 Å². The van der Waals surface area contributed by atoms with Gasteiger partial charge in [0.25, 0.3) is 0 Å². The normalized spacial score (nSPS) is 12.1. The zero-order valence-electron chi connectivity index (χ0n) is 8.20. The minimum absolute atomic E-state index is 0.185. The number of hydrogen-bond donors (Lipinski definition) is 2. The Labute approximate surface area is 89.6 Å². The standard InChI is InChI=1S/C8H10N4O4/c9-5(7(10)13)4-11-3-1-2-6(8(11)14)12(15)16/h1-3,5H,4,9H2,(H2,10,13). The van der Waals surface area contributed by atoms with E-state index >= 15 is 0 Å². The Morgan fingerprint density at radius 1 is 1.62 bits per heavy atom. The van der Waals surface area contributed by atoms with Crippen LogP contribution in [0.4, 0.5) is 5.69 Å². The zero-order valence-corrected chi connectivity index (χ0v) is 8.20. The van der Waals surface area contributed by atoms with E-state index in [1.165, 1.54) is 12.3 Å². The van der Waals surface area contributed by atoms with Gasteiger partial charge in [-0.05, 0) is 6.07 Å². The van der Waals surface area contributed by atoms with Crippen LogP contribution < -0.4 is 17.0 Å². The van der Waals surface area contributed by atoms with Crippen molar-refractivity contribution in [1.82, 2.24) is 4.57 Å². The average molecular weight is 226 g/mol. The summed E-state index contributed by atoms with van der Waals surface area (Å²) >= 11 is 0. The molecule has 0 aromatic carbocycles. The van der Waals surface area contributed by atoms with Gasteiger partial charge in [0.05, 0.1) is 4.92 Å². The molecule has 0 aliphatic rings. The lowest BCUT2D eigenvalue weighted by Gasteiger charge is -2.09. The van der Waals surface area contributed by atoms with Gasteiger partial charge in [-0.3, -0.25) is 19.7 Å². The second kappa shape index (κ2) is 4.53. The third-order valence-corrected chi connectivity index (χ3v) is 1.96. The highest BCUT2D eigenvalue weighted by Gasteiger charge is 2.16. The predicted molar refractivity (Wildman–Crippen MR) is 54.5 cm³/mol. The smallest absolute Gasteiger partial charge is 0.334 e. The molecule has 1 unspecified atom stereocenters. The van der Waals surface area contributed by atoms with Gasteiger partial charge >= 0.3 is 11.2 Å². The van der Waals surface area contributed by atoms with Crippen molar-refractivity contribution < 1.29 is 9.72 Å². The van der Waals surface area contributed by atoms with Crippen LogP contribution in [0.25, 0.3) is 0 Å². The Morgan fingerprint density at radius 3 is 2.75 bits per heavy atom. The van der Waals surface area contributed by atoms with Gasteiger partial charge in [-0.1, -0.05) is 0 Å². The summed E-state index contributed by atoms with van der Waals surface area (Å²) in [5, 5.41) is 10.5. The first-order valence-electron chi connectivity index (χ1n) is 4.32. The molecule has 0 spiro atoms. The molecule has 0 fully saturated rings. The molecular weight excluding hydrogens is 216 g/mol. The third-order valence-electron chi connectivity index (χ3n) is 1.96. The van der Waals surface area contributed by atoms with Crippen molar-refractivity contribution in [2.75, 3.05) is 0 Å². The van der Waals surface area contributed by atoms with Gasteiger partial charge in [-0.25, -0.2) is 0 Å². The maximum absolute atomic E-state index is 11.5. The van der Waals surface area contributed by atoms with Crippen molar-refractivity contribution in [2.24, 2.45) is 11.5 Å². The first-order valence-corrected chi connectivity index (χ1v) is 4.32. The number of carbonyl (C=O) groups is 1. The van der Waals surface area contributed by atoms with Gasteiger partial charge in [-0.2, -0.15) is 0 Å². The topological polar surface area (TPSA) is 134 Å². The lowest BCUT2D eigenvalue weighted by Crippen LogP contribution is -2.42. The van der Waals surface area contributed by atoms with Crippen LogP contribution in [0.5, 0.6) is 0 Å². The van der Waals surface area contributed by atoms with E-state index in [1.54, 1.807) is 0 Å². The van der Waals surface area contributed by atoms with Crippen LogP contribution in [-0.2, 0) is 11.3 Å². The number of nitrogens with zero attached hydrogens (tertiary/aromatic N) is 2. The Balaban J connectivity index is 3.07. The number of hydrogen-bond acceptors (Lipinski definition) is 5. The highest BCUT2D eigenvalue weighted by Crippen LogP contribution is 2.01. The van der Waals surface area contributed by atoms with Gasteiger partial charge in [-0.15, -0.1) is 0 Å². The van der Waals surface area contributed by atoms with E-state index in [1.807, 2.05) is 0 Å². The Bertz CT molecular complexity index is 481. The number of carbonyl (C=O) groups excluding carboxylic acids is 1. The Morgan fingerprint density at radius 2 is 2.25 bits per heavy atom. The molecule has 4 N–H and O–H groups in total. The molecule has 0 saturated carbocycles. The van der Waals surface area contributed by atoms with E-state index in [2.05, 4.69) is 0 Å². The second-order valence-electron chi connectivity index (χ2n) is 3.12. The van der Waals surface area contributed by atoms with Crippen molar-refractivity contribution in [3.8, 4) is 0 Å². The summed E-state index contributed by atoms with van der Waals surface area (Å²) in [6.45, 7) is -0.185. The van der Waals surface area contributed by atoms with Crippen molar-refractivity contribution in [1.29, 1.82) is 0 Å². The summed E-state index contributed by atoms with van der Waals surface area (Å²) in [5.41, 5.74) is 8.87. The van der Waals surface area contributed by atoms with Crippen LogP contribution >= 0.6 is 0 Å². The Hall–Kier alpha value is -2.22. The highest BCUT2D eigenvalue weighted by molar-refractivity contribution is 5.79. The van der Waals surface area contributed by atoms with Crippen LogP contribution in [0, 0.1) is 10.1 Å². The molecule has 86 valence electrons. The minimum Gasteiger partial charge on any atom is -0.368 e. The largest absolute Gasteiger partial charge is 0.368 e. The minimum atomic E-state index is -1.06. The van der Waals surface area contributed by atoms with Gasteiger partial charge in [0, 0.05) is 18.8 Å². The van der Waals surface area contributed by atoms with E-state index < -0.39 is 28.1 Å². The van der Waals surface area contributed by atoms with Crippen LogP contribution in [0.1, 0.15) is 0 Å². The molecule has 1 aromatic heterocycles. The Kier molecular flexibility index (Phi) is 3.36. The second-order valence-corrected chi connectivity index (χ2v) is 3.12. The van der Waals surface area contributed by atoms with Crippen LogP contribution in [0.2, 0.25) is 0 Å². The molecule has 1 amide bonds.